The number of aromatic nitrogens is 3. The molecule has 0 aliphatic rings. The first kappa shape index (κ1) is 12.5. The molecule has 2 aromatic rings. The highest BCUT2D eigenvalue weighted by atomic mass is 16.1. The molecule has 0 spiro atoms. The number of carbonyl (C=O) groups is 1. The van der Waals surface area contributed by atoms with Gasteiger partial charge in [0.1, 0.15) is 12.2 Å². The lowest BCUT2D eigenvalue weighted by Crippen LogP contribution is -2.01. The summed E-state index contributed by atoms with van der Waals surface area (Å²) in [6, 6.07) is 7.52. The van der Waals surface area contributed by atoms with E-state index in [2.05, 4.69) is 17.1 Å². The number of hydrogen-bond donors (Lipinski definition) is 0. The molecule has 94 valence electrons. The van der Waals surface area contributed by atoms with Gasteiger partial charge in [0.2, 0.25) is 0 Å². The van der Waals surface area contributed by atoms with Crippen LogP contribution in [0, 0.1) is 0 Å². The molecule has 1 aromatic carbocycles. The third-order valence-electron chi connectivity index (χ3n) is 2.92. The van der Waals surface area contributed by atoms with Crippen LogP contribution in [0.3, 0.4) is 0 Å². The third kappa shape index (κ3) is 2.64. The van der Waals surface area contributed by atoms with Gasteiger partial charge >= 0.3 is 0 Å². The number of ketones is 1. The summed E-state index contributed by atoms with van der Waals surface area (Å²) in [6.07, 6.45) is 4.87. The maximum absolute atomic E-state index is 11.2. The van der Waals surface area contributed by atoms with Gasteiger partial charge in [0, 0.05) is 17.7 Å². The van der Waals surface area contributed by atoms with Crippen LogP contribution in [-0.4, -0.2) is 20.5 Å². The molecule has 0 unspecified atom stereocenters. The van der Waals surface area contributed by atoms with Gasteiger partial charge in [-0.05, 0) is 37.6 Å². The topological polar surface area (TPSA) is 47.8 Å². The zero-order valence-electron chi connectivity index (χ0n) is 10.8. The molecule has 1 aromatic heterocycles. The normalized spacial score (nSPS) is 10.6. The maximum atomic E-state index is 11.2. The number of rotatable bonds is 5. The van der Waals surface area contributed by atoms with Crippen LogP contribution in [0.1, 0.15) is 42.9 Å². The van der Waals surface area contributed by atoms with Gasteiger partial charge in [-0.25, -0.2) is 0 Å². The number of nitrogens with zero attached hydrogens (tertiary/aromatic N) is 3. The zero-order chi connectivity index (χ0) is 13.0. The number of Topliss-reactive ketones (excluding diaryl/α,β-unsaturated/α-hetero) is 1. The van der Waals surface area contributed by atoms with Crippen molar-refractivity contribution < 1.29 is 4.79 Å². The van der Waals surface area contributed by atoms with Crippen molar-refractivity contribution in [2.75, 3.05) is 0 Å². The lowest BCUT2D eigenvalue weighted by molar-refractivity contribution is 0.101. The Bertz CT molecular complexity index is 528. The lowest BCUT2D eigenvalue weighted by atomic mass is 10.1. The molecule has 0 bridgehead atoms. The summed E-state index contributed by atoms with van der Waals surface area (Å²) in [5.74, 6) is 1.05. The van der Waals surface area contributed by atoms with E-state index in [0.717, 1.165) is 36.3 Å². The fourth-order valence-corrected chi connectivity index (χ4v) is 1.84. The Labute approximate surface area is 107 Å². The Morgan fingerprint density at radius 3 is 2.61 bits per heavy atom. The first-order valence-electron chi connectivity index (χ1n) is 6.22. The van der Waals surface area contributed by atoms with Crippen LogP contribution in [0.25, 0.3) is 5.69 Å². The molecule has 4 nitrogen and oxygen atoms in total. The van der Waals surface area contributed by atoms with E-state index in [4.69, 9.17) is 0 Å². The van der Waals surface area contributed by atoms with Crippen LogP contribution in [-0.2, 0) is 6.42 Å². The average Bonchev–Trinajstić information content (AvgIpc) is 2.84. The summed E-state index contributed by atoms with van der Waals surface area (Å²) in [5.41, 5.74) is 1.72. The van der Waals surface area contributed by atoms with Crippen LogP contribution in [0.15, 0.2) is 30.6 Å². The van der Waals surface area contributed by atoms with Gasteiger partial charge in [-0.1, -0.05) is 13.3 Å². The van der Waals surface area contributed by atoms with E-state index in [1.54, 1.807) is 13.3 Å². The molecule has 18 heavy (non-hydrogen) atoms. The van der Waals surface area contributed by atoms with E-state index < -0.39 is 0 Å². The first-order valence-corrected chi connectivity index (χ1v) is 6.22. The number of unbranched alkanes of at least 4 members (excludes halogenated alkanes) is 1. The van der Waals surface area contributed by atoms with Crippen molar-refractivity contribution in [2.45, 2.75) is 33.1 Å². The summed E-state index contributed by atoms with van der Waals surface area (Å²) in [7, 11) is 0. The molecule has 0 N–H and O–H groups in total. The smallest absolute Gasteiger partial charge is 0.159 e. The van der Waals surface area contributed by atoms with E-state index in [9.17, 15) is 4.79 Å². The minimum absolute atomic E-state index is 0.0801. The number of aryl methyl sites for hydroxylation is 1. The predicted molar refractivity (Wildman–Crippen MR) is 70.0 cm³/mol. The Hall–Kier alpha value is -1.97. The molecule has 0 amide bonds. The van der Waals surface area contributed by atoms with Crippen molar-refractivity contribution in [1.29, 1.82) is 0 Å². The standard InChI is InChI=1S/C14H17N3O/c1-3-4-5-14-16-15-10-17(14)13-8-6-12(7-9-13)11(2)18/h6-10H,3-5H2,1-2H3. The molecule has 0 saturated carbocycles. The summed E-state index contributed by atoms with van der Waals surface area (Å²) in [5, 5.41) is 8.09. The molecule has 0 saturated heterocycles. The average molecular weight is 243 g/mol. The number of carbonyl (C=O) groups excluding carboxylic acids is 1. The van der Waals surface area contributed by atoms with E-state index in [0.29, 0.717) is 0 Å². The quantitative estimate of drug-likeness (QED) is 0.759. The predicted octanol–water partition coefficient (Wildman–Crippen LogP) is 2.81. The number of hydrogen-bond acceptors (Lipinski definition) is 3. The first-order chi connectivity index (χ1) is 8.72. The van der Waals surface area contributed by atoms with Gasteiger partial charge in [-0.2, -0.15) is 0 Å². The highest BCUT2D eigenvalue weighted by molar-refractivity contribution is 5.94. The fraction of sp³-hybridized carbons (Fsp3) is 0.357. The van der Waals surface area contributed by atoms with Crippen LogP contribution in [0.4, 0.5) is 0 Å². The molecule has 0 aliphatic carbocycles. The summed E-state index contributed by atoms with van der Waals surface area (Å²) >= 11 is 0. The minimum atomic E-state index is 0.0801. The van der Waals surface area contributed by atoms with E-state index in [-0.39, 0.29) is 5.78 Å². The van der Waals surface area contributed by atoms with Crippen molar-refractivity contribution in [3.8, 4) is 5.69 Å². The molecule has 2 rings (SSSR count). The Morgan fingerprint density at radius 2 is 2.00 bits per heavy atom. The molecular weight excluding hydrogens is 226 g/mol. The van der Waals surface area contributed by atoms with Crippen LogP contribution >= 0.6 is 0 Å². The molecule has 0 fully saturated rings. The van der Waals surface area contributed by atoms with E-state index in [1.807, 2.05) is 28.8 Å². The number of benzene rings is 1. The molecule has 0 atom stereocenters. The second kappa shape index (κ2) is 5.58. The molecule has 1 heterocycles. The molecular formula is C14H17N3O. The van der Waals surface area contributed by atoms with Gasteiger partial charge in [0.15, 0.2) is 5.78 Å². The summed E-state index contributed by atoms with van der Waals surface area (Å²) in [4.78, 5) is 11.2. The van der Waals surface area contributed by atoms with Gasteiger partial charge in [-0.15, -0.1) is 10.2 Å². The highest BCUT2D eigenvalue weighted by Gasteiger charge is 2.06. The molecule has 0 aliphatic heterocycles. The van der Waals surface area contributed by atoms with Crippen molar-refractivity contribution >= 4 is 5.78 Å². The van der Waals surface area contributed by atoms with Crippen LogP contribution < -0.4 is 0 Å². The molecule has 0 radical (unpaired) electrons. The van der Waals surface area contributed by atoms with Gasteiger partial charge < -0.3 is 0 Å². The largest absolute Gasteiger partial charge is 0.295 e. The maximum Gasteiger partial charge on any atom is 0.159 e. The lowest BCUT2D eigenvalue weighted by Gasteiger charge is -2.06. The Balaban J connectivity index is 2.25. The van der Waals surface area contributed by atoms with E-state index in [1.165, 1.54) is 0 Å². The van der Waals surface area contributed by atoms with Crippen LogP contribution in [0.5, 0.6) is 0 Å². The minimum Gasteiger partial charge on any atom is -0.295 e. The third-order valence-corrected chi connectivity index (χ3v) is 2.92. The van der Waals surface area contributed by atoms with Gasteiger partial charge in [0.05, 0.1) is 0 Å². The fourth-order valence-electron chi connectivity index (χ4n) is 1.84. The van der Waals surface area contributed by atoms with Crippen LogP contribution in [0.2, 0.25) is 0 Å². The van der Waals surface area contributed by atoms with Crippen molar-refractivity contribution in [2.24, 2.45) is 0 Å². The highest BCUT2D eigenvalue weighted by Crippen LogP contribution is 2.13. The Morgan fingerprint density at radius 1 is 1.28 bits per heavy atom. The monoisotopic (exact) mass is 243 g/mol. The summed E-state index contributed by atoms with van der Waals surface area (Å²) in [6.45, 7) is 3.73. The second-order valence-electron chi connectivity index (χ2n) is 4.32. The van der Waals surface area contributed by atoms with Crippen molar-refractivity contribution in [3.63, 3.8) is 0 Å². The van der Waals surface area contributed by atoms with Crippen molar-refractivity contribution in [3.05, 3.63) is 42.0 Å². The van der Waals surface area contributed by atoms with Gasteiger partial charge in [-0.3, -0.25) is 9.36 Å². The Kier molecular flexibility index (Phi) is 3.87. The molecule has 4 heteroatoms. The zero-order valence-corrected chi connectivity index (χ0v) is 10.8. The van der Waals surface area contributed by atoms with E-state index >= 15 is 0 Å². The second-order valence-corrected chi connectivity index (χ2v) is 4.32. The van der Waals surface area contributed by atoms with Crippen molar-refractivity contribution in [1.82, 2.24) is 14.8 Å². The summed E-state index contributed by atoms with van der Waals surface area (Å²) < 4.78 is 1.97. The SMILES string of the molecule is CCCCc1nncn1-c1ccc(C(C)=O)cc1. The van der Waals surface area contributed by atoms with Gasteiger partial charge in [0.25, 0.3) is 0 Å².